The van der Waals surface area contributed by atoms with Gasteiger partial charge < -0.3 is 0 Å². The molecule has 3 aromatic rings. The van der Waals surface area contributed by atoms with Crippen molar-refractivity contribution in [2.24, 2.45) is 0 Å². The first kappa shape index (κ1) is 19.7. The largest absolute Gasteiger partial charge is 0.299 e. The molecule has 0 bridgehead atoms. The second kappa shape index (κ2) is 8.86. The molecule has 1 unspecified atom stereocenters. The third-order valence-electron chi connectivity index (χ3n) is 6.45. The van der Waals surface area contributed by atoms with Gasteiger partial charge in [-0.3, -0.25) is 9.88 Å². The van der Waals surface area contributed by atoms with Gasteiger partial charge in [-0.1, -0.05) is 42.1 Å². The zero-order valence-electron chi connectivity index (χ0n) is 17.5. The number of piperidine rings is 1. The van der Waals surface area contributed by atoms with Crippen LogP contribution in [0.2, 0.25) is 0 Å². The van der Waals surface area contributed by atoms with Crippen LogP contribution in [0.3, 0.4) is 0 Å². The summed E-state index contributed by atoms with van der Waals surface area (Å²) in [5.41, 5.74) is 6.61. The number of nitrogens with zero attached hydrogens (tertiary/aromatic N) is 4. The van der Waals surface area contributed by atoms with Crippen LogP contribution in [0.5, 0.6) is 0 Å². The van der Waals surface area contributed by atoms with Crippen molar-refractivity contribution in [1.82, 2.24) is 19.9 Å². The lowest BCUT2D eigenvalue weighted by molar-refractivity contribution is 0.150. The highest BCUT2D eigenvalue weighted by Gasteiger charge is 2.32. The maximum Gasteiger partial charge on any atom is 0.188 e. The molecule has 0 saturated carbocycles. The molecule has 0 spiro atoms. The van der Waals surface area contributed by atoms with E-state index in [0.717, 1.165) is 23.1 Å². The lowest BCUT2D eigenvalue weighted by Crippen LogP contribution is -2.42. The van der Waals surface area contributed by atoms with Crippen LogP contribution in [-0.2, 0) is 18.6 Å². The highest BCUT2D eigenvalue weighted by Crippen LogP contribution is 2.33. The number of aromatic nitrogens is 3. The van der Waals surface area contributed by atoms with E-state index in [9.17, 15) is 0 Å². The number of fused-ring (bicyclic) bond motifs is 1. The molecule has 5 rings (SSSR count). The van der Waals surface area contributed by atoms with Crippen LogP contribution in [-0.4, -0.2) is 39.0 Å². The average Bonchev–Trinajstić information content (AvgIpc) is 3.24. The van der Waals surface area contributed by atoms with Crippen molar-refractivity contribution in [2.75, 3.05) is 13.1 Å². The first-order valence-electron chi connectivity index (χ1n) is 10.9. The number of rotatable bonds is 5. The van der Waals surface area contributed by atoms with Gasteiger partial charge in [-0.25, -0.2) is 9.97 Å². The summed E-state index contributed by atoms with van der Waals surface area (Å²) in [6.45, 7) is 4.48. The lowest BCUT2D eigenvalue weighted by Gasteiger charge is -2.37. The topological polar surface area (TPSA) is 41.9 Å². The van der Waals surface area contributed by atoms with Crippen molar-refractivity contribution in [3.05, 3.63) is 82.9 Å². The molecule has 2 aliphatic rings. The van der Waals surface area contributed by atoms with Crippen LogP contribution in [0, 0.1) is 6.92 Å². The zero-order chi connectivity index (χ0) is 20.3. The fourth-order valence-electron chi connectivity index (χ4n) is 4.90. The van der Waals surface area contributed by atoms with Crippen molar-refractivity contribution in [2.45, 2.75) is 55.5 Å². The van der Waals surface area contributed by atoms with E-state index in [-0.39, 0.29) is 0 Å². The van der Waals surface area contributed by atoms with E-state index in [1.54, 1.807) is 11.8 Å². The Morgan fingerprint density at radius 1 is 1.03 bits per heavy atom. The summed E-state index contributed by atoms with van der Waals surface area (Å²) in [5, 5.41) is 0.867. The number of benzene rings is 1. The van der Waals surface area contributed by atoms with Gasteiger partial charge in [-0.15, -0.1) is 0 Å². The first-order chi connectivity index (χ1) is 14.8. The Kier molecular flexibility index (Phi) is 5.82. The quantitative estimate of drug-likeness (QED) is 0.441. The SMILES string of the molecule is Cc1cnc(SCc2ccccn2)nc1C1CCCN(C2Cc3ccccc3C2)C1. The number of aryl methyl sites for hydroxylation is 1. The second-order valence-corrected chi connectivity index (χ2v) is 9.44. The minimum atomic E-state index is 0.500. The molecule has 1 saturated heterocycles. The Labute approximate surface area is 183 Å². The highest BCUT2D eigenvalue weighted by atomic mass is 32.2. The van der Waals surface area contributed by atoms with Gasteiger partial charge in [0, 0.05) is 36.7 Å². The Balaban J connectivity index is 1.28. The molecule has 2 aromatic heterocycles. The van der Waals surface area contributed by atoms with E-state index in [1.807, 2.05) is 24.5 Å². The van der Waals surface area contributed by atoms with Crippen molar-refractivity contribution in [1.29, 1.82) is 0 Å². The molecule has 1 aliphatic heterocycles. The normalized spacial score (nSPS) is 19.7. The van der Waals surface area contributed by atoms with Gasteiger partial charge in [0.05, 0.1) is 11.4 Å². The minimum Gasteiger partial charge on any atom is -0.299 e. The van der Waals surface area contributed by atoms with Gasteiger partial charge in [0.25, 0.3) is 0 Å². The lowest BCUT2D eigenvalue weighted by atomic mass is 9.91. The molecular formula is C25H28N4S. The predicted octanol–water partition coefficient (Wildman–Crippen LogP) is 4.82. The van der Waals surface area contributed by atoms with Gasteiger partial charge in [0.1, 0.15) is 0 Å². The molecule has 0 N–H and O–H groups in total. The molecule has 1 aromatic carbocycles. The number of thioether (sulfide) groups is 1. The van der Waals surface area contributed by atoms with E-state index >= 15 is 0 Å². The molecular weight excluding hydrogens is 388 g/mol. The van der Waals surface area contributed by atoms with Gasteiger partial charge in [0.15, 0.2) is 5.16 Å². The van der Waals surface area contributed by atoms with E-state index in [4.69, 9.17) is 4.98 Å². The van der Waals surface area contributed by atoms with Crippen molar-refractivity contribution in [3.63, 3.8) is 0 Å². The molecule has 1 atom stereocenters. The van der Waals surface area contributed by atoms with Crippen LogP contribution in [0.25, 0.3) is 0 Å². The van der Waals surface area contributed by atoms with Crippen molar-refractivity contribution in [3.8, 4) is 0 Å². The molecule has 0 radical (unpaired) electrons. The molecule has 4 nitrogen and oxygen atoms in total. The van der Waals surface area contributed by atoms with Gasteiger partial charge in [-0.2, -0.15) is 0 Å². The van der Waals surface area contributed by atoms with E-state index in [2.05, 4.69) is 52.1 Å². The predicted molar refractivity (Wildman–Crippen MR) is 122 cm³/mol. The fourth-order valence-corrected chi connectivity index (χ4v) is 5.64. The number of pyridine rings is 1. The fraction of sp³-hybridized carbons (Fsp3) is 0.400. The highest BCUT2D eigenvalue weighted by molar-refractivity contribution is 7.98. The molecule has 1 fully saturated rings. The zero-order valence-corrected chi connectivity index (χ0v) is 18.3. The summed E-state index contributed by atoms with van der Waals surface area (Å²) in [7, 11) is 0. The molecule has 0 amide bonds. The van der Waals surface area contributed by atoms with Crippen LogP contribution in [0.1, 0.15) is 46.8 Å². The molecule has 30 heavy (non-hydrogen) atoms. The third kappa shape index (κ3) is 4.28. The van der Waals surface area contributed by atoms with Crippen molar-refractivity contribution < 1.29 is 0 Å². The summed E-state index contributed by atoms with van der Waals surface area (Å²) in [6, 6.07) is 15.6. The summed E-state index contributed by atoms with van der Waals surface area (Å²) >= 11 is 1.68. The molecule has 154 valence electrons. The maximum absolute atomic E-state index is 5.01. The van der Waals surface area contributed by atoms with Crippen LogP contribution in [0.15, 0.2) is 60.0 Å². The first-order valence-corrected chi connectivity index (χ1v) is 11.9. The standard InChI is InChI=1S/C25H28N4S/c1-18-15-27-25(30-17-22-10-4-5-11-26-22)28-24(18)21-9-6-12-29(16-21)23-13-19-7-2-3-8-20(19)14-23/h2-5,7-8,10-11,15,21,23H,6,9,12-14,16-17H2,1H3. The van der Waals surface area contributed by atoms with Crippen molar-refractivity contribution >= 4 is 11.8 Å². The van der Waals surface area contributed by atoms with Gasteiger partial charge >= 0.3 is 0 Å². The van der Waals surface area contributed by atoms with Gasteiger partial charge in [0.2, 0.25) is 0 Å². The third-order valence-corrected chi connectivity index (χ3v) is 7.34. The second-order valence-electron chi connectivity index (χ2n) is 8.50. The number of hydrogen-bond acceptors (Lipinski definition) is 5. The monoisotopic (exact) mass is 416 g/mol. The van der Waals surface area contributed by atoms with Crippen LogP contribution < -0.4 is 0 Å². The molecule has 3 heterocycles. The van der Waals surface area contributed by atoms with Crippen LogP contribution >= 0.6 is 11.8 Å². The molecule has 5 heteroatoms. The Bertz CT molecular complexity index is 982. The summed E-state index contributed by atoms with van der Waals surface area (Å²) < 4.78 is 0. The average molecular weight is 417 g/mol. The summed E-state index contributed by atoms with van der Waals surface area (Å²) in [6.07, 6.45) is 8.70. The van der Waals surface area contributed by atoms with Gasteiger partial charge in [-0.05, 0) is 68.0 Å². The Morgan fingerprint density at radius 3 is 2.60 bits per heavy atom. The number of hydrogen-bond donors (Lipinski definition) is 0. The van der Waals surface area contributed by atoms with E-state index in [0.29, 0.717) is 12.0 Å². The maximum atomic E-state index is 5.01. The summed E-state index contributed by atoms with van der Waals surface area (Å²) in [5.74, 6) is 1.31. The molecule has 1 aliphatic carbocycles. The number of likely N-dealkylation sites (tertiary alicyclic amines) is 1. The Hall–Kier alpha value is -2.24. The van der Waals surface area contributed by atoms with E-state index in [1.165, 1.54) is 54.6 Å². The minimum absolute atomic E-state index is 0.500. The smallest absolute Gasteiger partial charge is 0.188 e. The summed E-state index contributed by atoms with van der Waals surface area (Å²) in [4.78, 5) is 16.7. The van der Waals surface area contributed by atoms with Crippen LogP contribution in [0.4, 0.5) is 0 Å². The van der Waals surface area contributed by atoms with E-state index < -0.39 is 0 Å². The Morgan fingerprint density at radius 2 is 1.83 bits per heavy atom.